The third-order valence-corrected chi connectivity index (χ3v) is 8.38. The van der Waals surface area contributed by atoms with Crippen LogP contribution in [0.2, 0.25) is 19.6 Å². The lowest BCUT2D eigenvalue weighted by Gasteiger charge is -2.39. The van der Waals surface area contributed by atoms with E-state index in [1.807, 2.05) is 111 Å². The largest absolute Gasteiger partial charge is 0.395 e. The first kappa shape index (κ1) is 36.1. The molecule has 0 aliphatic rings. The van der Waals surface area contributed by atoms with Crippen molar-refractivity contribution in [1.29, 1.82) is 0 Å². The lowest BCUT2D eigenvalue weighted by atomic mass is 10.1. The summed E-state index contributed by atoms with van der Waals surface area (Å²) in [5, 5.41) is 0. The van der Waals surface area contributed by atoms with Gasteiger partial charge in [-0.15, -0.1) is 0 Å². The van der Waals surface area contributed by atoms with Gasteiger partial charge in [-0.1, -0.05) is 91.0 Å². The predicted octanol–water partition coefficient (Wildman–Crippen LogP) is 4.62. The molecule has 0 radical (unpaired) electrons. The molecule has 0 saturated carbocycles. The lowest BCUT2D eigenvalue weighted by molar-refractivity contribution is -0.181. The number of nitrogens with zero attached hydrogens (tertiary/aromatic N) is 1. The van der Waals surface area contributed by atoms with Gasteiger partial charge >= 0.3 is 5.69 Å². The molecule has 0 aliphatic heterocycles. The summed E-state index contributed by atoms with van der Waals surface area (Å²) in [5.74, 6) is 0. The third kappa shape index (κ3) is 12.1. The fraction of sp³-hybridized carbons (Fsp3) is 0.353. The van der Waals surface area contributed by atoms with E-state index < -0.39 is 54.2 Å². The minimum absolute atomic E-state index is 0.0548. The number of aromatic nitrogens is 2. The molecule has 0 bridgehead atoms. The van der Waals surface area contributed by atoms with Gasteiger partial charge in [-0.3, -0.25) is 18.5 Å². The van der Waals surface area contributed by atoms with Gasteiger partial charge in [-0.25, -0.2) is 4.79 Å². The molecule has 4 atom stereocenters. The molecule has 1 N–H and O–H groups in total. The van der Waals surface area contributed by atoms with Crippen LogP contribution in [0.4, 0.5) is 0 Å². The van der Waals surface area contributed by atoms with Gasteiger partial charge in [-0.05, 0) is 36.3 Å². The first-order valence-corrected chi connectivity index (χ1v) is 20.4. The molecule has 11 nitrogen and oxygen atoms in total. The Morgan fingerprint density at radius 3 is 1.68 bits per heavy atom. The van der Waals surface area contributed by atoms with Crippen LogP contribution in [0.3, 0.4) is 0 Å². The van der Waals surface area contributed by atoms with E-state index in [9.17, 15) is 18.0 Å². The predicted molar refractivity (Wildman–Crippen MR) is 181 cm³/mol. The first-order chi connectivity index (χ1) is 22.4. The van der Waals surface area contributed by atoms with Gasteiger partial charge in [-0.2, -0.15) is 8.42 Å². The highest BCUT2D eigenvalue weighted by Gasteiger charge is 2.43. The summed E-state index contributed by atoms with van der Waals surface area (Å²) >= 11 is 0. The molecule has 3 aromatic carbocycles. The summed E-state index contributed by atoms with van der Waals surface area (Å²) in [6.45, 7) is 5.93. The van der Waals surface area contributed by atoms with E-state index in [2.05, 4.69) is 4.98 Å². The average molecular weight is 683 g/mol. The molecule has 1 aromatic heterocycles. The maximum atomic E-state index is 13.3. The Balaban J connectivity index is 1.82. The molecule has 47 heavy (non-hydrogen) atoms. The number of hydrogen-bond acceptors (Lipinski definition) is 9. The van der Waals surface area contributed by atoms with Gasteiger partial charge in [0, 0.05) is 12.3 Å². The second-order valence-electron chi connectivity index (χ2n) is 12.0. The molecule has 0 amide bonds. The van der Waals surface area contributed by atoms with Crippen molar-refractivity contribution >= 4 is 18.4 Å². The maximum Gasteiger partial charge on any atom is 0.330 e. The highest BCUT2D eigenvalue weighted by Crippen LogP contribution is 2.29. The maximum absolute atomic E-state index is 13.3. The summed E-state index contributed by atoms with van der Waals surface area (Å²) < 4.78 is 58.1. The monoisotopic (exact) mass is 682 g/mol. The van der Waals surface area contributed by atoms with E-state index in [0.29, 0.717) is 0 Å². The van der Waals surface area contributed by atoms with Crippen molar-refractivity contribution in [2.45, 2.75) is 64.0 Å². The number of rotatable bonds is 18. The average Bonchev–Trinajstić information content (AvgIpc) is 3.02. The zero-order valence-corrected chi connectivity index (χ0v) is 28.8. The smallest absolute Gasteiger partial charge is 0.330 e. The lowest BCUT2D eigenvalue weighted by Crippen LogP contribution is -2.53. The highest BCUT2D eigenvalue weighted by atomic mass is 32.2. The van der Waals surface area contributed by atoms with Crippen LogP contribution in [0.15, 0.2) is 113 Å². The van der Waals surface area contributed by atoms with Gasteiger partial charge in [0.1, 0.15) is 18.3 Å². The number of H-pyrrole nitrogens is 1. The van der Waals surface area contributed by atoms with Crippen molar-refractivity contribution in [3.8, 4) is 0 Å². The van der Waals surface area contributed by atoms with Crippen LogP contribution in [0, 0.1) is 0 Å². The summed E-state index contributed by atoms with van der Waals surface area (Å²) in [6, 6.07) is 29.4. The Morgan fingerprint density at radius 1 is 0.723 bits per heavy atom. The van der Waals surface area contributed by atoms with Crippen LogP contribution in [0.25, 0.3) is 0 Å². The van der Waals surface area contributed by atoms with E-state index >= 15 is 0 Å². The van der Waals surface area contributed by atoms with Crippen molar-refractivity contribution in [3.63, 3.8) is 0 Å². The van der Waals surface area contributed by atoms with Gasteiger partial charge in [0.25, 0.3) is 15.7 Å². The zero-order valence-electron chi connectivity index (χ0n) is 27.0. The fourth-order valence-electron chi connectivity index (χ4n) is 4.83. The summed E-state index contributed by atoms with van der Waals surface area (Å²) in [6.07, 6.45) is -2.41. The quantitative estimate of drug-likeness (QED) is 0.118. The molecule has 252 valence electrons. The van der Waals surface area contributed by atoms with Crippen molar-refractivity contribution in [3.05, 3.63) is 141 Å². The number of benzene rings is 3. The molecule has 0 aliphatic carbocycles. The third-order valence-electron chi connectivity index (χ3n) is 6.83. The van der Waals surface area contributed by atoms with Crippen molar-refractivity contribution in [2.75, 3.05) is 12.9 Å². The number of hydrogen-bond donors (Lipinski definition) is 1. The number of nitrogens with one attached hydrogen (secondary N) is 1. The SMILES string of the molecule is C[Si](C)(C)O[C@H]([C@H](OCc1ccccc1)[C@@H](OCc1ccccc1)[C@@H](COCc1ccccc1)OS(C)(=O)=O)n1ccc(=O)[nH]c1=O. The molecular formula is C34H42N2O9SSi. The second-order valence-corrected chi connectivity index (χ2v) is 18.1. The van der Waals surface area contributed by atoms with Gasteiger partial charge in [0.05, 0.1) is 32.7 Å². The summed E-state index contributed by atoms with van der Waals surface area (Å²) in [4.78, 5) is 27.6. The standard InChI is InChI=1S/C34H42N2O9SSi/c1-46(39,40)44-29(25-41-22-26-14-8-5-9-15-26)31(42-23-27-16-10-6-11-17-27)32(43-24-28-18-12-7-13-19-28)33(45-47(2,3)4)36-21-20-30(37)35-34(36)38/h5-21,29,31-33H,22-25H2,1-4H3,(H,35,37,38)/t29-,31+,32-,33-/m1/s1. The van der Waals surface area contributed by atoms with Crippen LogP contribution in [0.5, 0.6) is 0 Å². The van der Waals surface area contributed by atoms with Crippen LogP contribution >= 0.6 is 0 Å². The molecule has 1 heterocycles. The Labute approximate surface area is 276 Å². The molecule has 0 spiro atoms. The van der Waals surface area contributed by atoms with Crippen molar-refractivity contribution in [2.24, 2.45) is 0 Å². The van der Waals surface area contributed by atoms with Gasteiger partial charge in [0.2, 0.25) is 0 Å². The van der Waals surface area contributed by atoms with Gasteiger partial charge < -0.3 is 18.6 Å². The molecule has 0 fully saturated rings. The highest BCUT2D eigenvalue weighted by molar-refractivity contribution is 7.86. The van der Waals surface area contributed by atoms with E-state index in [1.165, 1.54) is 16.8 Å². The Morgan fingerprint density at radius 2 is 1.21 bits per heavy atom. The number of aromatic amines is 1. The van der Waals surface area contributed by atoms with Gasteiger partial charge in [0.15, 0.2) is 14.5 Å². The van der Waals surface area contributed by atoms with Crippen LogP contribution < -0.4 is 11.2 Å². The van der Waals surface area contributed by atoms with Crippen LogP contribution in [-0.2, 0) is 52.8 Å². The Hall–Kier alpha value is -3.69. The molecule has 4 aromatic rings. The zero-order chi connectivity index (χ0) is 33.9. The Bertz CT molecular complexity index is 1750. The van der Waals surface area contributed by atoms with E-state index in [4.69, 9.17) is 22.8 Å². The van der Waals surface area contributed by atoms with E-state index in [0.717, 1.165) is 22.9 Å². The second kappa shape index (κ2) is 16.9. The minimum Gasteiger partial charge on any atom is -0.395 e. The topological polar surface area (TPSA) is 135 Å². The summed E-state index contributed by atoms with van der Waals surface area (Å²) in [5.41, 5.74) is 1.21. The van der Waals surface area contributed by atoms with Crippen molar-refractivity contribution in [1.82, 2.24) is 9.55 Å². The van der Waals surface area contributed by atoms with E-state index in [-0.39, 0.29) is 26.4 Å². The molecule has 4 rings (SSSR count). The normalized spacial score (nSPS) is 14.7. The molecule has 0 unspecified atom stereocenters. The van der Waals surface area contributed by atoms with Crippen LogP contribution in [-0.4, -0.2) is 57.5 Å². The van der Waals surface area contributed by atoms with Crippen molar-refractivity contribution < 1.29 is 31.2 Å². The summed E-state index contributed by atoms with van der Waals surface area (Å²) in [7, 11) is -6.52. The Kier molecular flexibility index (Phi) is 13.0. The van der Waals surface area contributed by atoms with E-state index in [1.54, 1.807) is 0 Å². The number of ether oxygens (including phenoxy) is 3. The van der Waals surface area contributed by atoms with Crippen LogP contribution in [0.1, 0.15) is 22.9 Å². The molecular weight excluding hydrogens is 641 g/mol. The molecule has 13 heteroatoms. The first-order valence-electron chi connectivity index (χ1n) is 15.2. The fourth-order valence-corrected chi connectivity index (χ4v) is 6.41. The molecule has 0 saturated heterocycles. The minimum atomic E-state index is -4.05.